The fourth-order valence-electron chi connectivity index (χ4n) is 3.06. The monoisotopic (exact) mass is 394 g/mol. The molecule has 0 aliphatic heterocycles. The van der Waals surface area contributed by atoms with Gasteiger partial charge in [0, 0.05) is 22.7 Å². The van der Waals surface area contributed by atoms with Gasteiger partial charge in [-0.05, 0) is 49.2 Å². The summed E-state index contributed by atoms with van der Waals surface area (Å²) >= 11 is 0. The number of benzene rings is 2. The molecule has 1 fully saturated rings. The van der Waals surface area contributed by atoms with Crippen LogP contribution in [0.4, 0.5) is 5.69 Å². The second-order valence-electron chi connectivity index (χ2n) is 6.76. The van der Waals surface area contributed by atoms with Crippen LogP contribution in [0.5, 0.6) is 17.2 Å². The third-order valence-electron chi connectivity index (χ3n) is 4.79. The van der Waals surface area contributed by atoms with Gasteiger partial charge in [0.25, 0.3) is 5.91 Å². The molecule has 0 atom stereocenters. The number of nitrogens with zero attached hydrogens (tertiary/aromatic N) is 2. The van der Waals surface area contributed by atoms with Gasteiger partial charge in [0.05, 0.1) is 21.3 Å². The van der Waals surface area contributed by atoms with Crippen LogP contribution in [0, 0.1) is 0 Å². The third kappa shape index (κ3) is 3.87. The topological polar surface area (TPSA) is 98.4 Å². The number of H-pyrrole nitrogens is 1. The smallest absolute Gasteiger partial charge is 0.255 e. The zero-order valence-corrected chi connectivity index (χ0v) is 16.5. The number of carbonyl (C=O) groups is 1. The minimum Gasteiger partial charge on any atom is -0.493 e. The van der Waals surface area contributed by atoms with Crippen molar-refractivity contribution in [2.24, 2.45) is 0 Å². The van der Waals surface area contributed by atoms with Crippen LogP contribution in [-0.4, -0.2) is 42.4 Å². The van der Waals surface area contributed by atoms with Gasteiger partial charge < -0.3 is 19.5 Å². The predicted octanol–water partition coefficient (Wildman–Crippen LogP) is 3.63. The Hall–Kier alpha value is -3.55. The number of methoxy groups -OCH3 is 3. The summed E-state index contributed by atoms with van der Waals surface area (Å²) in [5.41, 5.74) is 1.94. The van der Waals surface area contributed by atoms with Crippen LogP contribution in [0.2, 0.25) is 0 Å². The first kappa shape index (κ1) is 18.8. The molecule has 2 aromatic carbocycles. The van der Waals surface area contributed by atoms with Gasteiger partial charge in [-0.15, -0.1) is 0 Å². The van der Waals surface area contributed by atoms with E-state index in [9.17, 15) is 4.79 Å². The van der Waals surface area contributed by atoms with E-state index in [0.29, 0.717) is 40.2 Å². The van der Waals surface area contributed by atoms with Crippen molar-refractivity contribution in [3.8, 4) is 28.6 Å². The van der Waals surface area contributed by atoms with Gasteiger partial charge in [-0.1, -0.05) is 0 Å². The van der Waals surface area contributed by atoms with Crippen LogP contribution in [0.25, 0.3) is 11.4 Å². The maximum atomic E-state index is 12.7. The number of nitrogens with one attached hydrogen (secondary N) is 2. The van der Waals surface area contributed by atoms with Gasteiger partial charge in [-0.3, -0.25) is 9.89 Å². The number of aromatic amines is 1. The number of rotatable bonds is 7. The zero-order chi connectivity index (χ0) is 20.4. The lowest BCUT2D eigenvalue weighted by atomic mass is 10.1. The first-order valence-electron chi connectivity index (χ1n) is 9.27. The van der Waals surface area contributed by atoms with Crippen molar-refractivity contribution >= 4 is 11.6 Å². The van der Waals surface area contributed by atoms with Gasteiger partial charge in [0.1, 0.15) is 5.82 Å². The summed E-state index contributed by atoms with van der Waals surface area (Å²) in [6.45, 7) is 0. The van der Waals surface area contributed by atoms with E-state index in [-0.39, 0.29) is 5.91 Å². The zero-order valence-electron chi connectivity index (χ0n) is 16.5. The van der Waals surface area contributed by atoms with Crippen molar-refractivity contribution in [1.82, 2.24) is 15.2 Å². The summed E-state index contributed by atoms with van der Waals surface area (Å²) < 4.78 is 15.9. The first-order valence-corrected chi connectivity index (χ1v) is 9.27. The van der Waals surface area contributed by atoms with Gasteiger partial charge in [-0.2, -0.15) is 5.10 Å². The second kappa shape index (κ2) is 7.83. The highest BCUT2D eigenvalue weighted by Crippen LogP contribution is 2.39. The molecule has 1 aliphatic carbocycles. The summed E-state index contributed by atoms with van der Waals surface area (Å²) in [6.07, 6.45) is 2.33. The van der Waals surface area contributed by atoms with Gasteiger partial charge in [0.15, 0.2) is 17.3 Å². The van der Waals surface area contributed by atoms with Crippen LogP contribution in [-0.2, 0) is 0 Å². The lowest BCUT2D eigenvalue weighted by Gasteiger charge is -2.14. The fourth-order valence-corrected chi connectivity index (χ4v) is 3.06. The van der Waals surface area contributed by atoms with Crippen molar-refractivity contribution < 1.29 is 19.0 Å². The lowest BCUT2D eigenvalue weighted by molar-refractivity contribution is 0.102. The molecule has 1 aromatic heterocycles. The lowest BCUT2D eigenvalue weighted by Crippen LogP contribution is -2.12. The van der Waals surface area contributed by atoms with Gasteiger partial charge >= 0.3 is 0 Å². The standard InChI is InChI=1S/C21H22N4O4/c1-27-16-10-14(11-17(28-2)18(16)29-3)21(26)22-15-8-6-13(7-9-15)20-23-19(24-25-20)12-4-5-12/h6-12H,4-5H2,1-3H3,(H,22,26)(H,23,24,25). The van der Waals surface area contributed by atoms with E-state index in [4.69, 9.17) is 14.2 Å². The van der Waals surface area contributed by atoms with Crippen molar-refractivity contribution in [3.63, 3.8) is 0 Å². The van der Waals surface area contributed by atoms with E-state index in [1.807, 2.05) is 24.3 Å². The van der Waals surface area contributed by atoms with E-state index in [1.54, 1.807) is 12.1 Å². The second-order valence-corrected chi connectivity index (χ2v) is 6.76. The Kier molecular flexibility index (Phi) is 5.07. The van der Waals surface area contributed by atoms with Crippen LogP contribution < -0.4 is 19.5 Å². The van der Waals surface area contributed by atoms with E-state index in [2.05, 4.69) is 20.5 Å². The molecule has 0 bridgehead atoms. The fraction of sp³-hybridized carbons (Fsp3) is 0.286. The molecular weight excluding hydrogens is 372 g/mol. The Morgan fingerprint density at radius 2 is 1.69 bits per heavy atom. The number of ether oxygens (including phenoxy) is 3. The highest BCUT2D eigenvalue weighted by Gasteiger charge is 2.27. The summed E-state index contributed by atoms with van der Waals surface area (Å²) in [7, 11) is 4.54. The average Bonchev–Trinajstić information content (AvgIpc) is 3.49. The Bertz CT molecular complexity index is 1000. The molecule has 0 saturated heterocycles. The van der Waals surface area contributed by atoms with E-state index >= 15 is 0 Å². The third-order valence-corrected chi connectivity index (χ3v) is 4.79. The highest BCUT2D eigenvalue weighted by atomic mass is 16.5. The SMILES string of the molecule is COc1cc(C(=O)Nc2ccc(-c3n[nH]c(C4CC4)n3)cc2)cc(OC)c1OC. The van der Waals surface area contributed by atoms with Crippen molar-refractivity contribution in [3.05, 3.63) is 47.8 Å². The first-order chi connectivity index (χ1) is 14.1. The molecule has 1 heterocycles. The van der Waals surface area contributed by atoms with Crippen molar-refractivity contribution in [2.75, 3.05) is 26.6 Å². The van der Waals surface area contributed by atoms with Crippen LogP contribution in [0.3, 0.4) is 0 Å². The van der Waals surface area contributed by atoms with E-state index in [1.165, 1.54) is 34.2 Å². The van der Waals surface area contributed by atoms with Crippen LogP contribution in [0.15, 0.2) is 36.4 Å². The Morgan fingerprint density at radius 3 is 2.24 bits per heavy atom. The molecule has 8 nitrogen and oxygen atoms in total. The van der Waals surface area contributed by atoms with Crippen LogP contribution >= 0.6 is 0 Å². The minimum absolute atomic E-state index is 0.286. The Labute approximate surface area is 168 Å². The molecule has 4 rings (SSSR count). The maximum Gasteiger partial charge on any atom is 0.255 e. The van der Waals surface area contributed by atoms with E-state index in [0.717, 1.165) is 11.4 Å². The minimum atomic E-state index is -0.286. The number of amides is 1. The molecule has 0 spiro atoms. The Morgan fingerprint density at radius 1 is 1.03 bits per heavy atom. The van der Waals surface area contributed by atoms with Gasteiger partial charge in [-0.25, -0.2) is 4.98 Å². The van der Waals surface area contributed by atoms with E-state index < -0.39 is 0 Å². The number of carbonyl (C=O) groups excluding carboxylic acids is 1. The summed E-state index contributed by atoms with van der Waals surface area (Å²) in [6, 6.07) is 10.6. The molecule has 3 aromatic rings. The Balaban J connectivity index is 1.50. The van der Waals surface area contributed by atoms with Crippen molar-refractivity contribution in [2.45, 2.75) is 18.8 Å². The molecular formula is C21H22N4O4. The van der Waals surface area contributed by atoms with Gasteiger partial charge in [0.2, 0.25) is 5.75 Å². The molecule has 1 aliphatic rings. The van der Waals surface area contributed by atoms with Crippen molar-refractivity contribution in [1.29, 1.82) is 0 Å². The number of aromatic nitrogens is 3. The molecule has 0 radical (unpaired) electrons. The predicted molar refractivity (Wildman–Crippen MR) is 108 cm³/mol. The highest BCUT2D eigenvalue weighted by molar-refractivity contribution is 6.05. The molecule has 2 N–H and O–H groups in total. The summed E-state index contributed by atoms with van der Waals surface area (Å²) in [5.74, 6) is 3.12. The molecule has 29 heavy (non-hydrogen) atoms. The summed E-state index contributed by atoms with van der Waals surface area (Å²) in [5, 5.41) is 10.1. The normalized spacial score (nSPS) is 13.1. The maximum absolute atomic E-state index is 12.7. The number of hydrogen-bond donors (Lipinski definition) is 2. The molecule has 8 heteroatoms. The van der Waals surface area contributed by atoms with Crippen LogP contribution in [0.1, 0.15) is 34.9 Å². The number of anilines is 1. The molecule has 1 amide bonds. The largest absolute Gasteiger partial charge is 0.493 e. The molecule has 0 unspecified atom stereocenters. The average molecular weight is 394 g/mol. The molecule has 1 saturated carbocycles. The number of hydrogen-bond acceptors (Lipinski definition) is 6. The quantitative estimate of drug-likeness (QED) is 0.635. The molecule has 150 valence electrons. The summed E-state index contributed by atoms with van der Waals surface area (Å²) in [4.78, 5) is 17.2.